The van der Waals surface area contributed by atoms with Gasteiger partial charge in [0.05, 0.1) is 18.2 Å². The van der Waals surface area contributed by atoms with Gasteiger partial charge in [-0.05, 0) is 77.2 Å². The van der Waals surface area contributed by atoms with Crippen molar-refractivity contribution in [2.45, 2.75) is 18.9 Å². The maximum absolute atomic E-state index is 13.5. The molecular formula is C30H22ClNO4. The van der Waals surface area contributed by atoms with E-state index in [1.165, 1.54) is 4.90 Å². The highest BCUT2D eigenvalue weighted by Gasteiger charge is 2.47. The molecule has 2 aliphatic heterocycles. The summed E-state index contributed by atoms with van der Waals surface area (Å²) >= 11 is 6.10. The quantitative estimate of drug-likeness (QED) is 0.202. The molecule has 1 saturated heterocycles. The number of hydrogen-bond donors (Lipinski definition) is 1. The van der Waals surface area contributed by atoms with Crippen LogP contribution in [-0.4, -0.2) is 23.4 Å². The van der Waals surface area contributed by atoms with Crippen LogP contribution in [0.25, 0.3) is 16.5 Å². The number of anilines is 1. The normalized spacial score (nSPS) is 18.8. The van der Waals surface area contributed by atoms with Gasteiger partial charge < -0.3 is 9.84 Å². The van der Waals surface area contributed by atoms with E-state index < -0.39 is 17.7 Å². The summed E-state index contributed by atoms with van der Waals surface area (Å²) in [6, 6.07) is 24.9. The first-order valence-corrected chi connectivity index (χ1v) is 12.2. The van der Waals surface area contributed by atoms with Crippen molar-refractivity contribution in [3.8, 4) is 5.75 Å². The van der Waals surface area contributed by atoms with Gasteiger partial charge in [-0.25, -0.2) is 0 Å². The average Bonchev–Trinajstić information content (AvgIpc) is 3.18. The van der Waals surface area contributed by atoms with Crippen LogP contribution in [0.15, 0.2) is 90.5 Å². The second-order valence-electron chi connectivity index (χ2n) is 8.99. The van der Waals surface area contributed by atoms with Crippen molar-refractivity contribution >= 4 is 45.5 Å². The summed E-state index contributed by atoms with van der Waals surface area (Å²) in [5.41, 5.74) is 2.79. The lowest BCUT2D eigenvalue weighted by molar-refractivity contribution is -0.132. The minimum absolute atomic E-state index is 0.0583. The number of nitrogens with zero attached hydrogens (tertiary/aromatic N) is 1. The van der Waals surface area contributed by atoms with Crippen molar-refractivity contribution in [2.24, 2.45) is 0 Å². The summed E-state index contributed by atoms with van der Waals surface area (Å²) < 4.78 is 5.71. The number of carbonyl (C=O) groups is 2. The van der Waals surface area contributed by atoms with E-state index in [0.717, 1.165) is 40.5 Å². The van der Waals surface area contributed by atoms with Gasteiger partial charge in [-0.1, -0.05) is 54.1 Å². The Bertz CT molecular complexity index is 1550. The van der Waals surface area contributed by atoms with Crippen LogP contribution in [0.1, 0.15) is 29.2 Å². The second kappa shape index (κ2) is 8.85. The summed E-state index contributed by atoms with van der Waals surface area (Å²) in [6.45, 7) is 0.658. The molecule has 1 atom stereocenters. The number of aliphatic hydroxyl groups excluding tert-OH is 1. The third-order valence-electron chi connectivity index (χ3n) is 6.85. The highest BCUT2D eigenvalue weighted by atomic mass is 35.5. The van der Waals surface area contributed by atoms with Crippen LogP contribution in [0, 0.1) is 0 Å². The van der Waals surface area contributed by atoms with Crippen molar-refractivity contribution in [1.29, 1.82) is 0 Å². The summed E-state index contributed by atoms with van der Waals surface area (Å²) in [5, 5.41) is 13.9. The fourth-order valence-electron chi connectivity index (χ4n) is 5.15. The predicted octanol–water partition coefficient (Wildman–Crippen LogP) is 6.44. The van der Waals surface area contributed by atoms with Crippen molar-refractivity contribution < 1.29 is 19.4 Å². The third kappa shape index (κ3) is 3.64. The van der Waals surface area contributed by atoms with Crippen LogP contribution in [-0.2, 0) is 16.0 Å². The number of Topliss-reactive ketones (excluding diaryl/α,β-unsaturated/α-hetero) is 1. The predicted molar refractivity (Wildman–Crippen MR) is 140 cm³/mol. The number of halogens is 1. The Kier molecular flexibility index (Phi) is 5.50. The molecule has 5 nitrogen and oxygen atoms in total. The molecule has 0 radical (unpaired) electrons. The number of fused-ring (bicyclic) bond motifs is 2. The molecule has 1 unspecified atom stereocenters. The van der Waals surface area contributed by atoms with Gasteiger partial charge in [0.15, 0.2) is 0 Å². The summed E-state index contributed by atoms with van der Waals surface area (Å²) in [5.74, 6) is -0.839. The first-order valence-electron chi connectivity index (χ1n) is 11.8. The van der Waals surface area contributed by atoms with E-state index in [4.69, 9.17) is 16.3 Å². The SMILES string of the molecule is O=C1C(=O)N(c2ccc(Cl)cc2)C(c2cccc3ccccc23)/C1=C(/O)c1ccc2c(c1)CCCO2. The van der Waals surface area contributed by atoms with Crippen LogP contribution in [0.5, 0.6) is 5.75 Å². The summed E-state index contributed by atoms with van der Waals surface area (Å²) in [4.78, 5) is 28.4. The van der Waals surface area contributed by atoms with E-state index in [9.17, 15) is 14.7 Å². The molecule has 178 valence electrons. The van der Waals surface area contributed by atoms with Crippen LogP contribution in [0.4, 0.5) is 5.69 Å². The molecule has 4 aromatic rings. The van der Waals surface area contributed by atoms with Gasteiger partial charge >= 0.3 is 0 Å². The number of amides is 1. The molecule has 1 fully saturated rings. The topological polar surface area (TPSA) is 66.8 Å². The van der Waals surface area contributed by atoms with E-state index in [1.54, 1.807) is 30.3 Å². The molecular weight excluding hydrogens is 474 g/mol. The van der Waals surface area contributed by atoms with E-state index in [0.29, 0.717) is 22.9 Å². The van der Waals surface area contributed by atoms with Crippen molar-refractivity contribution in [3.05, 3.63) is 112 Å². The van der Waals surface area contributed by atoms with E-state index in [2.05, 4.69) is 0 Å². The average molecular weight is 496 g/mol. The molecule has 0 bridgehead atoms. The first-order chi connectivity index (χ1) is 17.5. The van der Waals surface area contributed by atoms with Gasteiger partial charge in [0, 0.05) is 16.3 Å². The summed E-state index contributed by atoms with van der Waals surface area (Å²) in [6.07, 6.45) is 1.70. The fraction of sp³-hybridized carbons (Fsp3) is 0.133. The molecule has 36 heavy (non-hydrogen) atoms. The maximum Gasteiger partial charge on any atom is 0.300 e. The molecule has 0 saturated carbocycles. The van der Waals surface area contributed by atoms with E-state index >= 15 is 0 Å². The minimum Gasteiger partial charge on any atom is -0.507 e. The minimum atomic E-state index is -0.815. The first kappa shape index (κ1) is 22.4. The number of aryl methyl sites for hydroxylation is 1. The lowest BCUT2D eigenvalue weighted by atomic mass is 9.91. The zero-order chi connectivity index (χ0) is 24.8. The Morgan fingerprint density at radius 2 is 1.72 bits per heavy atom. The van der Waals surface area contributed by atoms with Crippen LogP contribution in [0.2, 0.25) is 5.02 Å². The molecule has 4 aromatic carbocycles. The molecule has 1 amide bonds. The maximum atomic E-state index is 13.5. The number of carbonyl (C=O) groups excluding carboxylic acids is 2. The molecule has 2 heterocycles. The van der Waals surface area contributed by atoms with Gasteiger partial charge in [-0.15, -0.1) is 0 Å². The lowest BCUT2D eigenvalue weighted by Crippen LogP contribution is -2.29. The highest BCUT2D eigenvalue weighted by molar-refractivity contribution is 6.52. The Labute approximate surface area is 213 Å². The number of ether oxygens (including phenoxy) is 1. The highest BCUT2D eigenvalue weighted by Crippen LogP contribution is 2.44. The van der Waals surface area contributed by atoms with E-state index in [-0.39, 0.29) is 11.3 Å². The van der Waals surface area contributed by atoms with Gasteiger partial charge in [0.2, 0.25) is 0 Å². The Balaban J connectivity index is 1.59. The number of aliphatic hydroxyl groups is 1. The molecule has 1 N–H and O–H groups in total. The largest absolute Gasteiger partial charge is 0.507 e. The monoisotopic (exact) mass is 495 g/mol. The van der Waals surface area contributed by atoms with Crippen molar-refractivity contribution in [1.82, 2.24) is 0 Å². The van der Waals surface area contributed by atoms with Crippen molar-refractivity contribution in [3.63, 3.8) is 0 Å². The Morgan fingerprint density at radius 1 is 0.944 bits per heavy atom. The fourth-order valence-corrected chi connectivity index (χ4v) is 5.27. The zero-order valence-electron chi connectivity index (χ0n) is 19.3. The zero-order valence-corrected chi connectivity index (χ0v) is 20.0. The molecule has 2 aliphatic rings. The van der Waals surface area contributed by atoms with Crippen LogP contribution >= 0.6 is 11.6 Å². The van der Waals surface area contributed by atoms with Gasteiger partial charge in [0.25, 0.3) is 11.7 Å². The van der Waals surface area contributed by atoms with Crippen LogP contribution < -0.4 is 9.64 Å². The van der Waals surface area contributed by atoms with Gasteiger partial charge in [-0.2, -0.15) is 0 Å². The molecule has 0 aliphatic carbocycles. The smallest absolute Gasteiger partial charge is 0.300 e. The third-order valence-corrected chi connectivity index (χ3v) is 7.10. The Morgan fingerprint density at radius 3 is 2.56 bits per heavy atom. The number of hydrogen-bond acceptors (Lipinski definition) is 4. The Hall–Kier alpha value is -4.09. The number of rotatable bonds is 3. The second-order valence-corrected chi connectivity index (χ2v) is 9.42. The molecule has 0 aromatic heterocycles. The number of ketones is 1. The summed E-state index contributed by atoms with van der Waals surface area (Å²) in [7, 11) is 0. The van der Waals surface area contributed by atoms with Gasteiger partial charge in [-0.3, -0.25) is 14.5 Å². The molecule has 0 spiro atoms. The lowest BCUT2D eigenvalue weighted by Gasteiger charge is -2.26. The van der Waals surface area contributed by atoms with Gasteiger partial charge in [0.1, 0.15) is 11.5 Å². The molecule has 6 heteroatoms. The van der Waals surface area contributed by atoms with Crippen LogP contribution in [0.3, 0.4) is 0 Å². The molecule has 6 rings (SSSR count). The standard InChI is InChI=1S/C30H22ClNO4/c31-21-11-13-22(14-12-21)32-27(24-9-3-6-18-5-1-2-8-23(18)24)26(29(34)30(32)35)28(33)20-10-15-25-19(17-20)7-4-16-36-25/h1-3,5-6,8-15,17,27,33H,4,7,16H2/b28-26-. The van der Waals surface area contributed by atoms with Crippen molar-refractivity contribution in [2.75, 3.05) is 11.5 Å². The number of benzene rings is 4. The van der Waals surface area contributed by atoms with E-state index in [1.807, 2.05) is 54.6 Å².